The van der Waals surface area contributed by atoms with E-state index in [4.69, 9.17) is 4.74 Å². The Bertz CT molecular complexity index is 116. The van der Waals surface area contributed by atoms with Crippen molar-refractivity contribution in [3.05, 3.63) is 0 Å². The van der Waals surface area contributed by atoms with Gasteiger partial charge in [0.05, 0.1) is 0 Å². The summed E-state index contributed by atoms with van der Waals surface area (Å²) in [6, 6.07) is 0. The lowest BCUT2D eigenvalue weighted by molar-refractivity contribution is -0.127. The van der Waals surface area contributed by atoms with Crippen molar-refractivity contribution in [1.82, 2.24) is 0 Å². The lowest BCUT2D eigenvalue weighted by atomic mass is 10.2. The fraction of sp³-hybridized carbons (Fsp3) is 0.857. The van der Waals surface area contributed by atoms with Gasteiger partial charge >= 0.3 is 0 Å². The maximum Gasteiger partial charge on any atom is 0.158 e. The van der Waals surface area contributed by atoms with E-state index in [1.54, 1.807) is 14.0 Å². The van der Waals surface area contributed by atoms with Gasteiger partial charge in [-0.1, -0.05) is 0 Å². The molecule has 0 aliphatic heterocycles. The van der Waals surface area contributed by atoms with Gasteiger partial charge < -0.3 is 4.74 Å². The van der Waals surface area contributed by atoms with Crippen LogP contribution in [-0.2, 0) is 9.53 Å². The van der Waals surface area contributed by atoms with Crippen LogP contribution in [0.15, 0.2) is 0 Å². The Morgan fingerprint density at radius 3 is 2.33 bits per heavy atom. The number of hydrogen-bond acceptors (Lipinski definition) is 2. The first kappa shape index (κ1) is 6.75. The first-order valence-electron chi connectivity index (χ1n) is 3.29. The molecule has 0 saturated heterocycles. The lowest BCUT2D eigenvalue weighted by Crippen LogP contribution is -2.21. The van der Waals surface area contributed by atoms with Gasteiger partial charge in [-0.05, 0) is 25.7 Å². The molecule has 0 bridgehead atoms. The number of methoxy groups -OCH3 is 1. The number of hydrogen-bond donors (Lipinski definition) is 0. The number of rotatable bonds is 3. The van der Waals surface area contributed by atoms with Gasteiger partial charge in [0.25, 0.3) is 0 Å². The highest BCUT2D eigenvalue weighted by molar-refractivity contribution is 5.81. The largest absolute Gasteiger partial charge is 0.373 e. The van der Waals surface area contributed by atoms with Crippen molar-refractivity contribution in [2.24, 2.45) is 5.92 Å². The van der Waals surface area contributed by atoms with E-state index >= 15 is 0 Å². The van der Waals surface area contributed by atoms with E-state index < -0.39 is 0 Å². The van der Waals surface area contributed by atoms with Gasteiger partial charge in [0.15, 0.2) is 5.78 Å². The summed E-state index contributed by atoms with van der Waals surface area (Å²) < 4.78 is 4.99. The first-order valence-corrected chi connectivity index (χ1v) is 3.29. The Morgan fingerprint density at radius 1 is 1.67 bits per heavy atom. The van der Waals surface area contributed by atoms with Crippen LogP contribution in [0.3, 0.4) is 0 Å². The molecule has 1 atom stereocenters. The molecule has 0 aromatic heterocycles. The average molecular weight is 128 g/mol. The SMILES string of the molecule is COC(C(C)=O)C1CC1. The van der Waals surface area contributed by atoms with Gasteiger partial charge in [0, 0.05) is 7.11 Å². The summed E-state index contributed by atoms with van der Waals surface area (Å²) in [5.74, 6) is 0.701. The molecule has 0 aromatic carbocycles. The molecule has 0 spiro atoms. The van der Waals surface area contributed by atoms with Crippen LogP contribution in [0, 0.1) is 5.92 Å². The summed E-state index contributed by atoms with van der Waals surface area (Å²) in [6.45, 7) is 1.59. The third-order valence-electron chi connectivity index (χ3n) is 1.70. The molecule has 1 rings (SSSR count). The smallest absolute Gasteiger partial charge is 0.158 e. The van der Waals surface area contributed by atoms with E-state index in [0.29, 0.717) is 5.92 Å². The number of Topliss-reactive ketones (excluding diaryl/α,β-unsaturated/α-hetero) is 1. The first-order chi connectivity index (χ1) is 4.25. The van der Waals surface area contributed by atoms with Crippen molar-refractivity contribution in [3.63, 3.8) is 0 Å². The summed E-state index contributed by atoms with van der Waals surface area (Å²) in [5.41, 5.74) is 0. The zero-order valence-electron chi connectivity index (χ0n) is 5.89. The van der Waals surface area contributed by atoms with Gasteiger partial charge in [0.1, 0.15) is 6.10 Å². The van der Waals surface area contributed by atoms with Crippen molar-refractivity contribution in [2.75, 3.05) is 7.11 Å². The number of ketones is 1. The van der Waals surface area contributed by atoms with Crippen LogP contribution in [0.5, 0.6) is 0 Å². The van der Waals surface area contributed by atoms with Crippen LogP contribution in [-0.4, -0.2) is 19.0 Å². The fourth-order valence-corrected chi connectivity index (χ4v) is 1.09. The Morgan fingerprint density at radius 2 is 2.22 bits per heavy atom. The summed E-state index contributed by atoms with van der Waals surface area (Å²) in [5, 5.41) is 0. The van der Waals surface area contributed by atoms with E-state index in [1.807, 2.05) is 0 Å². The molecule has 9 heavy (non-hydrogen) atoms. The van der Waals surface area contributed by atoms with Crippen LogP contribution in [0.4, 0.5) is 0 Å². The highest BCUT2D eigenvalue weighted by atomic mass is 16.5. The summed E-state index contributed by atoms with van der Waals surface area (Å²) in [6.07, 6.45) is 2.22. The predicted octanol–water partition coefficient (Wildman–Crippen LogP) is 1.00. The Kier molecular flexibility index (Phi) is 1.86. The summed E-state index contributed by atoms with van der Waals surface area (Å²) in [7, 11) is 1.60. The molecule has 1 fully saturated rings. The van der Waals surface area contributed by atoms with Crippen molar-refractivity contribution >= 4 is 5.78 Å². The third-order valence-corrected chi connectivity index (χ3v) is 1.70. The molecule has 1 aliphatic rings. The minimum Gasteiger partial charge on any atom is -0.373 e. The minimum atomic E-state index is -0.106. The minimum absolute atomic E-state index is 0.106. The second-order valence-electron chi connectivity index (χ2n) is 2.60. The Hall–Kier alpha value is -0.370. The quantitative estimate of drug-likeness (QED) is 0.566. The van der Waals surface area contributed by atoms with Gasteiger partial charge in [-0.15, -0.1) is 0 Å². The monoisotopic (exact) mass is 128 g/mol. The van der Waals surface area contributed by atoms with E-state index in [2.05, 4.69) is 0 Å². The van der Waals surface area contributed by atoms with Crippen LogP contribution < -0.4 is 0 Å². The maximum absolute atomic E-state index is 10.7. The second kappa shape index (κ2) is 2.48. The summed E-state index contributed by atoms with van der Waals surface area (Å²) in [4.78, 5) is 10.7. The van der Waals surface area contributed by atoms with Gasteiger partial charge in [-0.3, -0.25) is 4.79 Å². The number of ether oxygens (including phenoxy) is 1. The molecule has 52 valence electrons. The highest BCUT2D eigenvalue weighted by Crippen LogP contribution is 2.34. The molecule has 2 heteroatoms. The molecule has 0 radical (unpaired) electrons. The predicted molar refractivity (Wildman–Crippen MR) is 34.2 cm³/mol. The molecule has 1 unspecified atom stereocenters. The molecular formula is C7H12O2. The lowest BCUT2D eigenvalue weighted by Gasteiger charge is -2.08. The van der Waals surface area contributed by atoms with Gasteiger partial charge in [-0.25, -0.2) is 0 Å². The van der Waals surface area contributed by atoms with Crippen molar-refractivity contribution in [1.29, 1.82) is 0 Å². The molecule has 0 aromatic rings. The molecule has 2 nitrogen and oxygen atoms in total. The highest BCUT2D eigenvalue weighted by Gasteiger charge is 2.33. The molecule has 0 amide bonds. The molecular weight excluding hydrogens is 116 g/mol. The Balaban J connectivity index is 2.37. The van der Waals surface area contributed by atoms with E-state index in [1.165, 1.54) is 0 Å². The second-order valence-corrected chi connectivity index (χ2v) is 2.60. The molecule has 0 heterocycles. The van der Waals surface area contributed by atoms with Gasteiger partial charge in [-0.2, -0.15) is 0 Å². The van der Waals surface area contributed by atoms with Gasteiger partial charge in [0.2, 0.25) is 0 Å². The van der Waals surface area contributed by atoms with E-state index in [9.17, 15) is 4.79 Å². The molecule has 1 aliphatic carbocycles. The number of carbonyl (C=O) groups is 1. The number of carbonyl (C=O) groups excluding carboxylic acids is 1. The normalized spacial score (nSPS) is 21.6. The van der Waals surface area contributed by atoms with Crippen LogP contribution in [0.1, 0.15) is 19.8 Å². The topological polar surface area (TPSA) is 26.3 Å². The molecule has 1 saturated carbocycles. The molecule has 0 N–H and O–H groups in total. The standard InChI is InChI=1S/C7H12O2/c1-5(8)7(9-2)6-3-4-6/h6-7H,3-4H2,1-2H3. The zero-order chi connectivity index (χ0) is 6.85. The van der Waals surface area contributed by atoms with Crippen LogP contribution in [0.2, 0.25) is 0 Å². The summed E-state index contributed by atoms with van der Waals surface area (Å²) >= 11 is 0. The Labute approximate surface area is 55.2 Å². The van der Waals surface area contributed by atoms with Crippen molar-refractivity contribution in [3.8, 4) is 0 Å². The van der Waals surface area contributed by atoms with Crippen molar-refractivity contribution in [2.45, 2.75) is 25.9 Å². The van der Waals surface area contributed by atoms with Crippen LogP contribution in [0.25, 0.3) is 0 Å². The zero-order valence-corrected chi connectivity index (χ0v) is 5.89. The maximum atomic E-state index is 10.7. The average Bonchev–Trinajstić information content (AvgIpc) is 2.50. The van der Waals surface area contributed by atoms with Crippen molar-refractivity contribution < 1.29 is 9.53 Å². The van der Waals surface area contributed by atoms with E-state index in [-0.39, 0.29) is 11.9 Å². The third kappa shape index (κ3) is 1.52. The van der Waals surface area contributed by atoms with Crippen LogP contribution >= 0.6 is 0 Å². The van der Waals surface area contributed by atoms with E-state index in [0.717, 1.165) is 12.8 Å². The fourth-order valence-electron chi connectivity index (χ4n) is 1.09.